The van der Waals surface area contributed by atoms with Gasteiger partial charge in [0.05, 0.1) is 41.9 Å². The van der Waals surface area contributed by atoms with Gasteiger partial charge in [0, 0.05) is 24.9 Å². The van der Waals surface area contributed by atoms with Gasteiger partial charge in [-0.2, -0.15) is 8.42 Å². The highest BCUT2D eigenvalue weighted by Gasteiger charge is 2.23. The summed E-state index contributed by atoms with van der Waals surface area (Å²) in [5.74, 6) is 0.158. The molecule has 0 spiro atoms. The van der Waals surface area contributed by atoms with Crippen LogP contribution in [0.15, 0.2) is 25.3 Å². The number of hydrogen-bond donors (Lipinski definition) is 2. The summed E-state index contributed by atoms with van der Waals surface area (Å²) in [7, 11) is 4.82. The molecule has 0 bridgehead atoms. The number of amides is 1. The number of rotatable bonds is 12. The summed E-state index contributed by atoms with van der Waals surface area (Å²) >= 11 is 0. The minimum atomic E-state index is -3.66. The van der Waals surface area contributed by atoms with Crippen molar-refractivity contribution in [2.24, 2.45) is 0 Å². The lowest BCUT2D eigenvalue weighted by molar-refractivity contribution is -0.870. The molecule has 1 heterocycles. The quantitative estimate of drug-likeness (QED) is 0.296. The molecule has 2 aromatic rings. The highest BCUT2D eigenvalue weighted by Crippen LogP contribution is 2.36. The van der Waals surface area contributed by atoms with Crippen LogP contribution in [-0.4, -0.2) is 87.4 Å². The minimum Gasteiger partial charge on any atom is -0.505 e. The van der Waals surface area contributed by atoms with Gasteiger partial charge in [-0.15, -0.1) is 15.0 Å². The molecule has 0 radical (unpaired) electrons. The number of benzene rings is 1. The topological polar surface area (TPSA) is 133 Å². The number of aromatic nitrogens is 3. The van der Waals surface area contributed by atoms with Gasteiger partial charge in [-0.3, -0.25) is 13.2 Å². The molecule has 0 saturated carbocycles. The monoisotopic (exact) mass is 566 g/mol. The first-order chi connectivity index (χ1) is 18.0. The van der Waals surface area contributed by atoms with Crippen LogP contribution in [0.2, 0.25) is 0 Å². The van der Waals surface area contributed by atoms with Gasteiger partial charge in [0.2, 0.25) is 5.91 Å². The summed E-state index contributed by atoms with van der Waals surface area (Å²) in [6.45, 7) is 15.3. The number of aryl methyl sites for hydroxylation is 1. The molecule has 0 fully saturated rings. The van der Waals surface area contributed by atoms with Crippen molar-refractivity contribution < 1.29 is 31.2 Å². The van der Waals surface area contributed by atoms with E-state index in [1.807, 2.05) is 32.9 Å². The van der Waals surface area contributed by atoms with Gasteiger partial charge in [0.25, 0.3) is 0 Å². The fourth-order valence-corrected chi connectivity index (χ4v) is 3.60. The largest absolute Gasteiger partial charge is 0.505 e. The number of phenols is 1. The Labute approximate surface area is 233 Å². The van der Waals surface area contributed by atoms with Crippen LogP contribution in [0.5, 0.6) is 5.75 Å². The second kappa shape index (κ2) is 14.4. The van der Waals surface area contributed by atoms with Crippen LogP contribution in [-0.2, 0) is 35.4 Å². The molecule has 1 amide bonds. The predicted molar refractivity (Wildman–Crippen MR) is 154 cm³/mol. The van der Waals surface area contributed by atoms with Crippen LogP contribution in [0.3, 0.4) is 0 Å². The zero-order chi connectivity index (χ0) is 30.0. The Morgan fingerprint density at radius 3 is 2.05 bits per heavy atom. The first-order valence-electron chi connectivity index (χ1n) is 12.5. The van der Waals surface area contributed by atoms with Crippen molar-refractivity contribution in [1.29, 1.82) is 0 Å². The van der Waals surface area contributed by atoms with E-state index in [2.05, 4.69) is 58.2 Å². The number of quaternary nitrogens is 1. The third-order valence-electron chi connectivity index (χ3n) is 5.60. The summed E-state index contributed by atoms with van der Waals surface area (Å²) in [5, 5.41) is 22.9. The molecule has 2 rings (SSSR count). The normalized spacial score (nSPS) is 11.9. The lowest BCUT2D eigenvalue weighted by Gasteiger charge is -2.23. The second-order valence-electron chi connectivity index (χ2n) is 10.9. The Hall–Kier alpha value is -3.06. The zero-order valence-corrected chi connectivity index (χ0v) is 25.3. The summed E-state index contributed by atoms with van der Waals surface area (Å²) in [4.78, 5) is 13.8. The van der Waals surface area contributed by atoms with Crippen molar-refractivity contribution in [3.05, 3.63) is 47.8 Å². The zero-order valence-electron chi connectivity index (χ0n) is 24.4. The molecule has 39 heavy (non-hydrogen) atoms. The van der Waals surface area contributed by atoms with E-state index in [0.717, 1.165) is 42.8 Å². The Balaban J connectivity index is 0.000000956. The molecule has 1 aromatic heterocycles. The molecule has 0 aliphatic carbocycles. The number of nitrogens with zero attached hydrogens (tertiary/aromatic N) is 4. The van der Waals surface area contributed by atoms with Crippen molar-refractivity contribution in [2.75, 3.05) is 48.5 Å². The van der Waals surface area contributed by atoms with E-state index in [1.54, 1.807) is 12.2 Å². The summed E-state index contributed by atoms with van der Waals surface area (Å²) < 4.78 is 28.4. The molecule has 218 valence electrons. The molecule has 1 aromatic carbocycles. The van der Waals surface area contributed by atoms with Crippen molar-refractivity contribution >= 4 is 28.5 Å². The average molecular weight is 567 g/mol. The maximum atomic E-state index is 12.4. The third kappa shape index (κ3) is 11.3. The molecule has 0 aliphatic rings. The summed E-state index contributed by atoms with van der Waals surface area (Å²) in [6, 6.07) is 3.81. The van der Waals surface area contributed by atoms with E-state index < -0.39 is 10.4 Å². The molecule has 11 nitrogen and oxygen atoms in total. The smallest absolute Gasteiger partial charge is 0.399 e. The molecular weight excluding hydrogens is 522 g/mol. The van der Waals surface area contributed by atoms with Crippen molar-refractivity contribution in [3.63, 3.8) is 0 Å². The molecule has 0 atom stereocenters. The van der Waals surface area contributed by atoms with E-state index in [1.165, 1.54) is 4.80 Å². The van der Waals surface area contributed by atoms with E-state index >= 15 is 0 Å². The fraction of sp³-hybridized carbons (Fsp3) is 0.519. The number of aromatic hydroxyl groups is 1. The van der Waals surface area contributed by atoms with Gasteiger partial charge in [-0.25, -0.2) is 0 Å². The van der Waals surface area contributed by atoms with Crippen LogP contribution in [0.1, 0.15) is 56.1 Å². The summed E-state index contributed by atoms with van der Waals surface area (Å²) in [5.41, 5.74) is 3.10. The van der Waals surface area contributed by atoms with Crippen LogP contribution in [0.25, 0.3) is 17.8 Å². The van der Waals surface area contributed by atoms with E-state index in [0.29, 0.717) is 36.5 Å². The van der Waals surface area contributed by atoms with Gasteiger partial charge >= 0.3 is 10.4 Å². The number of nitrogens with one attached hydrogen (secondary N) is 1. The van der Waals surface area contributed by atoms with Crippen LogP contribution < -0.4 is 5.32 Å². The predicted octanol–water partition coefficient (Wildman–Crippen LogP) is 3.23. The van der Waals surface area contributed by atoms with E-state index in [9.17, 15) is 18.3 Å². The van der Waals surface area contributed by atoms with Crippen LogP contribution >= 0.6 is 0 Å². The van der Waals surface area contributed by atoms with E-state index in [4.69, 9.17) is 0 Å². The highest BCUT2D eigenvalue weighted by molar-refractivity contribution is 7.81. The number of carbonyl (C=O) groups excluding carboxylic acids is 1. The number of hydrogen-bond acceptors (Lipinski definition) is 8. The van der Waals surface area contributed by atoms with Crippen molar-refractivity contribution in [2.45, 2.75) is 45.4 Å². The van der Waals surface area contributed by atoms with Gasteiger partial charge in [0.1, 0.15) is 22.8 Å². The third-order valence-corrected chi connectivity index (χ3v) is 6.42. The van der Waals surface area contributed by atoms with Crippen LogP contribution in [0.4, 0.5) is 0 Å². The SMILES string of the molecule is C=Cc1nn(-c2cc(CCC(=O)NCCC[N+](C)(C)C)cc(C(C)(C)C)c2O)nc1C=C.COS(=O)(=O)OC. The Bertz CT molecular complexity index is 1210. The standard InChI is InChI=1S/C25H37N5O2.C2H6O4S/c1-9-20-21(10-2)28-29(27-20)22-17-18(16-19(24(22)32)25(3,4)5)12-13-23(31)26-14-11-15-30(6,7)8;1-5-7(3,4)6-2/h9-10,16-17H,1-2,11-15H2,3-8H3,(H-,26,31,32);1-2H3/p+1. The lowest BCUT2D eigenvalue weighted by atomic mass is 9.84. The van der Waals surface area contributed by atoms with Crippen LogP contribution in [0, 0.1) is 0 Å². The second-order valence-corrected chi connectivity index (χ2v) is 12.4. The van der Waals surface area contributed by atoms with Crippen molar-refractivity contribution in [1.82, 2.24) is 20.3 Å². The Morgan fingerprint density at radius 1 is 1.10 bits per heavy atom. The first kappa shape index (κ1) is 34.0. The molecule has 0 aliphatic heterocycles. The first-order valence-corrected chi connectivity index (χ1v) is 13.8. The molecular formula is C27H44N5O6S+. The lowest BCUT2D eigenvalue weighted by Crippen LogP contribution is -2.37. The maximum Gasteiger partial charge on any atom is 0.399 e. The summed E-state index contributed by atoms with van der Waals surface area (Å²) in [6.07, 6.45) is 5.08. The van der Waals surface area contributed by atoms with Gasteiger partial charge in [0.15, 0.2) is 0 Å². The molecule has 0 saturated heterocycles. The molecule has 2 N–H and O–H groups in total. The van der Waals surface area contributed by atoms with E-state index in [-0.39, 0.29) is 17.1 Å². The van der Waals surface area contributed by atoms with Gasteiger partial charge < -0.3 is 14.9 Å². The average Bonchev–Trinajstić information content (AvgIpc) is 3.28. The fourth-order valence-electron chi connectivity index (χ4n) is 3.47. The Morgan fingerprint density at radius 2 is 1.64 bits per heavy atom. The highest BCUT2D eigenvalue weighted by atomic mass is 32.3. The van der Waals surface area contributed by atoms with Gasteiger partial charge in [-0.1, -0.05) is 40.0 Å². The maximum absolute atomic E-state index is 12.4. The molecule has 12 heteroatoms. The Kier molecular flexibility index (Phi) is 12.5. The number of phenolic OH excluding ortho intramolecular Hbond substituents is 1. The molecule has 0 unspecified atom stereocenters. The number of carbonyl (C=O) groups is 1. The van der Waals surface area contributed by atoms with Gasteiger partial charge in [-0.05, 0) is 35.6 Å². The van der Waals surface area contributed by atoms with Crippen molar-refractivity contribution in [3.8, 4) is 11.4 Å². The minimum absolute atomic E-state index is 0.0263.